The van der Waals surface area contributed by atoms with Crippen molar-refractivity contribution in [3.05, 3.63) is 46.4 Å². The predicted octanol–water partition coefficient (Wildman–Crippen LogP) is 2.01. The van der Waals surface area contributed by atoms with Crippen LogP contribution in [0.15, 0.2) is 40.0 Å². The van der Waals surface area contributed by atoms with Crippen LogP contribution in [0, 0.1) is 5.82 Å². The quantitative estimate of drug-likeness (QED) is 0.640. The minimum atomic E-state index is -0.244. The summed E-state index contributed by atoms with van der Waals surface area (Å²) in [6, 6.07) is 6.57. The van der Waals surface area contributed by atoms with Crippen molar-refractivity contribution >= 4 is 23.2 Å². The van der Waals surface area contributed by atoms with E-state index < -0.39 is 0 Å². The normalized spacial score (nSPS) is 17.4. The van der Waals surface area contributed by atoms with E-state index in [9.17, 15) is 9.18 Å². The lowest BCUT2D eigenvalue weighted by Crippen LogP contribution is -2.50. The predicted molar refractivity (Wildman–Crippen MR) is 99.2 cm³/mol. The van der Waals surface area contributed by atoms with Gasteiger partial charge in [0, 0.05) is 39.8 Å². The Balaban J connectivity index is 1.84. The monoisotopic (exact) mass is 366 g/mol. The summed E-state index contributed by atoms with van der Waals surface area (Å²) in [5, 5.41) is 0.214. The van der Waals surface area contributed by atoms with Gasteiger partial charge in [-0.1, -0.05) is 23.7 Å². The van der Waals surface area contributed by atoms with Gasteiger partial charge in [0.1, 0.15) is 11.5 Å². The number of nitrogens with two attached hydrogens (primary N) is 1. The molecule has 1 saturated heterocycles. The van der Waals surface area contributed by atoms with Gasteiger partial charge in [-0.05, 0) is 31.0 Å². The first-order valence-electron chi connectivity index (χ1n) is 8.27. The third kappa shape index (κ3) is 5.28. The van der Waals surface area contributed by atoms with E-state index in [-0.39, 0.29) is 22.5 Å². The van der Waals surface area contributed by atoms with Crippen LogP contribution in [0.25, 0.3) is 0 Å². The maximum Gasteiger partial charge on any atom is 0.271 e. The topological polar surface area (TPSA) is 61.9 Å². The summed E-state index contributed by atoms with van der Waals surface area (Å²) in [5.74, 6) is -0.463. The molecule has 0 unspecified atom stereocenters. The zero-order chi connectivity index (χ0) is 18.4. The number of hydrogen-bond donors (Lipinski definition) is 1. The van der Waals surface area contributed by atoms with Gasteiger partial charge in [-0.15, -0.1) is 0 Å². The number of benzene rings is 1. The van der Waals surface area contributed by atoms with Crippen molar-refractivity contribution in [2.45, 2.75) is 13.3 Å². The van der Waals surface area contributed by atoms with Gasteiger partial charge in [0.15, 0.2) is 0 Å². The van der Waals surface area contributed by atoms with Crippen LogP contribution in [0.4, 0.5) is 4.39 Å². The van der Waals surface area contributed by atoms with Gasteiger partial charge >= 0.3 is 0 Å². The van der Waals surface area contributed by atoms with Gasteiger partial charge in [-0.2, -0.15) is 0 Å². The van der Waals surface area contributed by atoms with Gasteiger partial charge in [0.2, 0.25) is 0 Å². The molecule has 1 aromatic rings. The third-order valence-corrected chi connectivity index (χ3v) is 4.89. The van der Waals surface area contributed by atoms with Gasteiger partial charge < -0.3 is 10.6 Å². The standard InChI is InChI=1S/C18H24ClFN4O/c1-13(22-2)16(19)17(21)18(25)24-11-9-23(10-12-24)8-7-14-3-5-15(20)6-4-14/h3-6H,7-12,21H2,1-2H3. The molecule has 25 heavy (non-hydrogen) atoms. The second-order valence-electron chi connectivity index (χ2n) is 6.05. The van der Waals surface area contributed by atoms with E-state index in [4.69, 9.17) is 17.3 Å². The number of amides is 1. The Hall–Kier alpha value is -1.92. The van der Waals surface area contributed by atoms with E-state index in [1.807, 2.05) is 0 Å². The van der Waals surface area contributed by atoms with Crippen LogP contribution in [-0.2, 0) is 11.2 Å². The van der Waals surface area contributed by atoms with E-state index in [0.29, 0.717) is 18.8 Å². The molecule has 2 rings (SSSR count). The summed E-state index contributed by atoms with van der Waals surface area (Å²) >= 11 is 6.09. The number of carbonyl (C=O) groups excluding carboxylic acids is 1. The van der Waals surface area contributed by atoms with E-state index >= 15 is 0 Å². The molecule has 0 atom stereocenters. The number of rotatable bonds is 5. The number of carbonyl (C=O) groups is 1. The highest BCUT2D eigenvalue weighted by atomic mass is 35.5. The van der Waals surface area contributed by atoms with Gasteiger partial charge in [-0.25, -0.2) is 4.39 Å². The fraction of sp³-hybridized carbons (Fsp3) is 0.444. The molecule has 0 saturated carbocycles. The van der Waals surface area contributed by atoms with Gasteiger partial charge in [0.25, 0.3) is 5.91 Å². The Morgan fingerprint density at radius 3 is 2.40 bits per heavy atom. The van der Waals surface area contributed by atoms with Gasteiger partial charge in [0.05, 0.1) is 10.7 Å². The first-order chi connectivity index (χ1) is 11.9. The van der Waals surface area contributed by atoms with Crippen LogP contribution >= 0.6 is 11.6 Å². The van der Waals surface area contributed by atoms with Crippen LogP contribution in [0.5, 0.6) is 0 Å². The van der Waals surface area contributed by atoms with Crippen molar-refractivity contribution in [3.63, 3.8) is 0 Å². The molecule has 0 aliphatic carbocycles. The smallest absolute Gasteiger partial charge is 0.271 e. The molecule has 5 nitrogen and oxygen atoms in total. The van der Waals surface area contributed by atoms with E-state index in [2.05, 4.69) is 9.89 Å². The average Bonchev–Trinajstić information content (AvgIpc) is 2.65. The minimum Gasteiger partial charge on any atom is -0.393 e. The maximum absolute atomic E-state index is 12.9. The molecular formula is C18H24ClFN4O. The Labute approximate surface area is 153 Å². The Morgan fingerprint density at radius 1 is 1.24 bits per heavy atom. The molecule has 1 aliphatic rings. The molecule has 1 amide bonds. The zero-order valence-electron chi connectivity index (χ0n) is 14.6. The van der Waals surface area contributed by atoms with Crippen LogP contribution in [0.1, 0.15) is 12.5 Å². The summed E-state index contributed by atoms with van der Waals surface area (Å²) in [4.78, 5) is 20.4. The van der Waals surface area contributed by atoms with E-state index in [0.717, 1.165) is 31.6 Å². The summed E-state index contributed by atoms with van der Waals surface area (Å²) < 4.78 is 12.9. The highest BCUT2D eigenvalue weighted by molar-refractivity contribution is 6.45. The van der Waals surface area contributed by atoms with Crippen molar-refractivity contribution in [2.24, 2.45) is 10.7 Å². The molecule has 0 radical (unpaired) electrons. The number of aliphatic imine (C=N–C) groups is 1. The Kier molecular flexibility index (Phi) is 6.96. The first kappa shape index (κ1) is 19.4. The SMILES string of the molecule is CN=C(C)C(Cl)=C(N)C(=O)N1CCN(CCc2ccc(F)cc2)CC1. The molecule has 1 aromatic carbocycles. The second-order valence-corrected chi connectivity index (χ2v) is 6.42. The number of piperazine rings is 1. The molecule has 1 fully saturated rings. The van der Waals surface area contributed by atoms with Crippen molar-refractivity contribution in [1.82, 2.24) is 9.80 Å². The average molecular weight is 367 g/mol. The molecule has 0 bridgehead atoms. The molecule has 0 spiro atoms. The summed E-state index contributed by atoms with van der Waals surface area (Å²) in [6.07, 6.45) is 0.855. The minimum absolute atomic E-state index is 0.0459. The molecule has 1 aliphatic heterocycles. The highest BCUT2D eigenvalue weighted by Crippen LogP contribution is 2.13. The maximum atomic E-state index is 12.9. The lowest BCUT2D eigenvalue weighted by molar-refractivity contribution is -0.128. The summed E-state index contributed by atoms with van der Waals surface area (Å²) in [6.45, 7) is 5.36. The largest absolute Gasteiger partial charge is 0.393 e. The van der Waals surface area contributed by atoms with Crippen LogP contribution in [-0.4, -0.2) is 61.2 Å². The van der Waals surface area contributed by atoms with Crippen molar-refractivity contribution in [1.29, 1.82) is 0 Å². The lowest BCUT2D eigenvalue weighted by atomic mass is 10.1. The zero-order valence-corrected chi connectivity index (χ0v) is 15.4. The molecule has 2 N–H and O–H groups in total. The summed E-state index contributed by atoms with van der Waals surface area (Å²) in [7, 11) is 1.61. The Bertz CT molecular complexity index is 664. The number of nitrogens with zero attached hydrogens (tertiary/aromatic N) is 3. The van der Waals surface area contributed by atoms with Crippen LogP contribution in [0.3, 0.4) is 0 Å². The first-order valence-corrected chi connectivity index (χ1v) is 8.65. The van der Waals surface area contributed by atoms with E-state index in [1.165, 1.54) is 12.1 Å². The molecular weight excluding hydrogens is 343 g/mol. The van der Waals surface area contributed by atoms with Crippen LogP contribution < -0.4 is 5.73 Å². The Morgan fingerprint density at radius 2 is 1.84 bits per heavy atom. The lowest BCUT2D eigenvalue weighted by Gasteiger charge is -2.34. The third-order valence-electron chi connectivity index (χ3n) is 4.41. The molecule has 1 heterocycles. The molecule has 7 heteroatoms. The number of halogens is 2. The number of allylic oxidation sites excluding steroid dienone is 1. The number of hydrogen-bond acceptors (Lipinski definition) is 4. The fourth-order valence-corrected chi connectivity index (χ4v) is 2.84. The summed E-state index contributed by atoms with van der Waals surface area (Å²) in [5.41, 5.74) is 7.58. The van der Waals surface area contributed by atoms with E-state index in [1.54, 1.807) is 31.0 Å². The van der Waals surface area contributed by atoms with Crippen molar-refractivity contribution in [2.75, 3.05) is 39.8 Å². The second kappa shape index (κ2) is 8.97. The van der Waals surface area contributed by atoms with Crippen LogP contribution in [0.2, 0.25) is 0 Å². The molecule has 136 valence electrons. The van der Waals surface area contributed by atoms with Crippen molar-refractivity contribution < 1.29 is 9.18 Å². The fourth-order valence-electron chi connectivity index (χ4n) is 2.67. The molecule has 0 aromatic heterocycles. The highest BCUT2D eigenvalue weighted by Gasteiger charge is 2.24. The van der Waals surface area contributed by atoms with Gasteiger partial charge in [-0.3, -0.25) is 14.7 Å². The van der Waals surface area contributed by atoms with Crippen molar-refractivity contribution in [3.8, 4) is 0 Å².